The zero-order valence-corrected chi connectivity index (χ0v) is 8.54. The summed E-state index contributed by atoms with van der Waals surface area (Å²) in [5, 5.41) is 0. The highest BCUT2D eigenvalue weighted by atomic mass is 15.1. The van der Waals surface area contributed by atoms with E-state index in [1.807, 2.05) is 19.0 Å². The maximum absolute atomic E-state index is 4.29. The molecular weight excluding hydrogens is 174 g/mol. The predicted molar refractivity (Wildman–Crippen MR) is 56.2 cm³/mol. The van der Waals surface area contributed by atoms with Crippen LogP contribution in [0.15, 0.2) is 6.33 Å². The van der Waals surface area contributed by atoms with Gasteiger partial charge in [0.25, 0.3) is 0 Å². The molecule has 0 fully saturated rings. The summed E-state index contributed by atoms with van der Waals surface area (Å²) in [6, 6.07) is 0. The lowest BCUT2D eigenvalue weighted by molar-refractivity contribution is 0.913. The Bertz CT molecular complexity index is 399. The quantitative estimate of drug-likeness (QED) is 0.615. The number of nitrogens with zero attached hydrogens (tertiary/aromatic N) is 3. The smallest absolute Gasteiger partial charge is 0.134 e. The van der Waals surface area contributed by atoms with Gasteiger partial charge >= 0.3 is 0 Å². The number of anilines is 1. The van der Waals surface area contributed by atoms with Crippen molar-refractivity contribution in [2.24, 2.45) is 0 Å². The molecular formula is C11H13N3. The summed E-state index contributed by atoms with van der Waals surface area (Å²) in [6.45, 7) is 0. The molecule has 0 spiro atoms. The van der Waals surface area contributed by atoms with Crippen molar-refractivity contribution in [1.82, 2.24) is 9.97 Å². The second kappa shape index (κ2) is 3.67. The van der Waals surface area contributed by atoms with Crippen molar-refractivity contribution in [2.45, 2.75) is 19.3 Å². The average Bonchev–Trinajstić information content (AvgIpc) is 2.41. The van der Waals surface area contributed by atoms with Gasteiger partial charge in [0.15, 0.2) is 0 Å². The summed E-state index contributed by atoms with van der Waals surface area (Å²) in [5.41, 5.74) is 2.34. The van der Waals surface area contributed by atoms with Gasteiger partial charge in [0, 0.05) is 26.1 Å². The van der Waals surface area contributed by atoms with Crippen LogP contribution < -0.4 is 4.90 Å². The summed E-state index contributed by atoms with van der Waals surface area (Å²) in [7, 11) is 4.02. The van der Waals surface area contributed by atoms with Crippen LogP contribution in [0.2, 0.25) is 0 Å². The lowest BCUT2D eigenvalue weighted by Gasteiger charge is -2.16. The zero-order valence-electron chi connectivity index (χ0n) is 8.54. The third-order valence-electron chi connectivity index (χ3n) is 2.32. The number of hydrogen-bond donors (Lipinski definition) is 0. The van der Waals surface area contributed by atoms with E-state index in [-0.39, 0.29) is 0 Å². The summed E-state index contributed by atoms with van der Waals surface area (Å²) in [6.07, 6.45) is 4.28. The first-order valence-corrected chi connectivity index (χ1v) is 4.75. The van der Waals surface area contributed by atoms with Gasteiger partial charge in [-0.1, -0.05) is 5.92 Å². The highest BCUT2D eigenvalue weighted by Gasteiger charge is 2.12. The van der Waals surface area contributed by atoms with Crippen molar-refractivity contribution in [3.63, 3.8) is 0 Å². The lowest BCUT2D eigenvalue weighted by Crippen LogP contribution is -2.15. The molecule has 0 bridgehead atoms. The Morgan fingerprint density at radius 1 is 1.29 bits per heavy atom. The molecule has 14 heavy (non-hydrogen) atoms. The van der Waals surface area contributed by atoms with Gasteiger partial charge < -0.3 is 4.90 Å². The Hall–Kier alpha value is -1.56. The third-order valence-corrected chi connectivity index (χ3v) is 2.32. The van der Waals surface area contributed by atoms with E-state index in [4.69, 9.17) is 0 Å². The first kappa shape index (κ1) is 9.01. The summed E-state index contributed by atoms with van der Waals surface area (Å²) >= 11 is 0. The van der Waals surface area contributed by atoms with Crippen LogP contribution in [0.5, 0.6) is 0 Å². The zero-order chi connectivity index (χ0) is 9.97. The molecule has 1 aliphatic carbocycles. The van der Waals surface area contributed by atoms with Crippen molar-refractivity contribution in [1.29, 1.82) is 0 Å². The molecule has 0 atom stereocenters. The lowest BCUT2D eigenvalue weighted by atomic mass is 10.1. The highest BCUT2D eigenvalue weighted by Crippen LogP contribution is 2.20. The minimum Gasteiger partial charge on any atom is -0.362 e. The van der Waals surface area contributed by atoms with Crippen LogP contribution in [-0.2, 0) is 12.8 Å². The second-order valence-electron chi connectivity index (χ2n) is 3.55. The van der Waals surface area contributed by atoms with Gasteiger partial charge in [-0.2, -0.15) is 0 Å². The predicted octanol–water partition coefficient (Wildman–Crippen LogP) is 1.03. The van der Waals surface area contributed by atoms with E-state index in [9.17, 15) is 0 Å². The summed E-state index contributed by atoms with van der Waals surface area (Å²) < 4.78 is 0. The van der Waals surface area contributed by atoms with E-state index in [1.54, 1.807) is 6.33 Å². The number of fused-ring (bicyclic) bond motifs is 1. The van der Waals surface area contributed by atoms with E-state index in [1.165, 1.54) is 5.56 Å². The molecule has 1 heterocycles. The molecule has 0 amide bonds. The van der Waals surface area contributed by atoms with E-state index in [0.29, 0.717) is 0 Å². The fraction of sp³-hybridized carbons (Fsp3) is 0.455. The van der Waals surface area contributed by atoms with Crippen LogP contribution in [0.3, 0.4) is 0 Å². The normalized spacial score (nSPS) is 13.6. The minimum absolute atomic E-state index is 0.763. The molecule has 0 radical (unpaired) electrons. The molecule has 2 rings (SSSR count). The topological polar surface area (TPSA) is 29.0 Å². The molecule has 72 valence electrons. The second-order valence-corrected chi connectivity index (χ2v) is 3.55. The Morgan fingerprint density at radius 3 is 2.93 bits per heavy atom. The minimum atomic E-state index is 0.763. The van der Waals surface area contributed by atoms with Crippen molar-refractivity contribution in [3.05, 3.63) is 17.6 Å². The van der Waals surface area contributed by atoms with Gasteiger partial charge in [0.2, 0.25) is 0 Å². The van der Waals surface area contributed by atoms with Crippen LogP contribution in [0, 0.1) is 11.8 Å². The van der Waals surface area contributed by atoms with Crippen molar-refractivity contribution >= 4 is 5.82 Å². The van der Waals surface area contributed by atoms with Gasteiger partial charge in [0.05, 0.1) is 12.1 Å². The van der Waals surface area contributed by atoms with Crippen molar-refractivity contribution < 1.29 is 0 Å². The Labute approximate surface area is 84.2 Å². The molecule has 3 heteroatoms. The van der Waals surface area contributed by atoms with Gasteiger partial charge in [-0.25, -0.2) is 9.97 Å². The van der Waals surface area contributed by atoms with Crippen molar-refractivity contribution in [3.8, 4) is 11.8 Å². The molecule has 0 N–H and O–H groups in total. The van der Waals surface area contributed by atoms with Gasteiger partial charge in [-0.15, -0.1) is 5.92 Å². The van der Waals surface area contributed by atoms with Crippen LogP contribution in [-0.4, -0.2) is 24.1 Å². The fourth-order valence-electron chi connectivity index (χ4n) is 1.65. The molecule has 0 aliphatic heterocycles. The van der Waals surface area contributed by atoms with E-state index < -0.39 is 0 Å². The summed E-state index contributed by atoms with van der Waals surface area (Å²) in [5.74, 6) is 7.26. The van der Waals surface area contributed by atoms with Crippen LogP contribution >= 0.6 is 0 Å². The van der Waals surface area contributed by atoms with Gasteiger partial charge in [-0.3, -0.25) is 0 Å². The molecule has 0 saturated carbocycles. The summed E-state index contributed by atoms with van der Waals surface area (Å²) in [4.78, 5) is 10.6. The molecule has 0 aromatic carbocycles. The molecule has 0 saturated heterocycles. The van der Waals surface area contributed by atoms with E-state index >= 15 is 0 Å². The fourth-order valence-corrected chi connectivity index (χ4v) is 1.65. The van der Waals surface area contributed by atoms with Gasteiger partial charge in [-0.05, 0) is 6.42 Å². The van der Waals surface area contributed by atoms with Crippen LogP contribution in [0.25, 0.3) is 0 Å². The van der Waals surface area contributed by atoms with Crippen molar-refractivity contribution in [2.75, 3.05) is 19.0 Å². The van der Waals surface area contributed by atoms with E-state index in [0.717, 1.165) is 30.8 Å². The molecule has 1 aromatic heterocycles. The maximum Gasteiger partial charge on any atom is 0.134 e. The first-order valence-electron chi connectivity index (χ1n) is 4.75. The molecule has 0 unspecified atom stereocenters. The Morgan fingerprint density at radius 2 is 2.14 bits per heavy atom. The largest absolute Gasteiger partial charge is 0.362 e. The Balaban J connectivity index is 2.47. The standard InChI is InChI=1S/C11H13N3/c1-14(2)11-9-6-4-3-5-7-10(9)12-8-13-11/h8H,4,6-7H2,1-2H3. The maximum atomic E-state index is 4.29. The SMILES string of the molecule is CN(C)c1ncnc2c1CCC#CC2. The average molecular weight is 187 g/mol. The van der Waals surface area contributed by atoms with Gasteiger partial charge in [0.1, 0.15) is 12.1 Å². The molecule has 3 nitrogen and oxygen atoms in total. The number of hydrogen-bond acceptors (Lipinski definition) is 3. The Kier molecular flexibility index (Phi) is 2.36. The van der Waals surface area contributed by atoms with E-state index in [2.05, 4.69) is 21.8 Å². The van der Waals surface area contributed by atoms with Crippen LogP contribution in [0.4, 0.5) is 5.82 Å². The van der Waals surface area contributed by atoms with Crippen LogP contribution in [0.1, 0.15) is 17.7 Å². The number of aromatic nitrogens is 2. The highest BCUT2D eigenvalue weighted by molar-refractivity contribution is 5.49. The molecule has 1 aromatic rings. The molecule has 1 aliphatic rings. The first-order chi connectivity index (χ1) is 6.79. The monoisotopic (exact) mass is 187 g/mol. The number of rotatable bonds is 1. The third kappa shape index (κ3) is 1.56.